The fourth-order valence-corrected chi connectivity index (χ4v) is 0.771. The molecule has 1 aromatic carbocycles. The number of nitrogens with zero attached hydrogens (tertiary/aromatic N) is 3. The van der Waals surface area contributed by atoms with Gasteiger partial charge in [-0.25, -0.2) is 0 Å². The fraction of sp³-hybridized carbons (Fsp3) is 0. The van der Waals surface area contributed by atoms with Crippen molar-refractivity contribution in [1.29, 1.82) is 0 Å². The lowest BCUT2D eigenvalue weighted by Gasteiger charge is -1.90. The molecular formula is C10H5N3. The van der Waals surface area contributed by atoms with E-state index in [1.807, 2.05) is 0 Å². The second-order valence-electron chi connectivity index (χ2n) is 2.13. The summed E-state index contributed by atoms with van der Waals surface area (Å²) in [4.78, 5) is 2.65. The van der Waals surface area contributed by atoms with Crippen LogP contribution in [0, 0.1) is 24.2 Å². The Kier molecular flexibility index (Phi) is 3.03. The van der Waals surface area contributed by atoms with Gasteiger partial charge < -0.3 is 0 Å². The molecule has 3 nitrogen and oxygen atoms in total. The third-order valence-corrected chi connectivity index (χ3v) is 1.31. The smallest absolute Gasteiger partial charge is 0.0376 e. The van der Waals surface area contributed by atoms with Crippen LogP contribution >= 0.6 is 0 Å². The van der Waals surface area contributed by atoms with Gasteiger partial charge in [0, 0.05) is 16.2 Å². The van der Waals surface area contributed by atoms with Crippen LogP contribution in [0.4, 0.5) is 5.69 Å². The third-order valence-electron chi connectivity index (χ3n) is 1.31. The first-order valence-electron chi connectivity index (χ1n) is 3.48. The highest BCUT2D eigenvalue weighted by molar-refractivity contribution is 5.45. The van der Waals surface area contributed by atoms with E-state index in [1.54, 1.807) is 24.3 Å². The van der Waals surface area contributed by atoms with Crippen LogP contribution in [0.1, 0.15) is 5.56 Å². The van der Waals surface area contributed by atoms with Crippen molar-refractivity contribution in [2.75, 3.05) is 0 Å². The van der Waals surface area contributed by atoms with Crippen LogP contribution in [0.15, 0.2) is 29.4 Å². The zero-order chi connectivity index (χ0) is 9.52. The maximum atomic E-state index is 8.13. The molecular weight excluding hydrogens is 162 g/mol. The Bertz CT molecular complexity index is 434. The van der Waals surface area contributed by atoms with E-state index in [0.717, 1.165) is 5.56 Å². The number of hydrogen-bond donors (Lipinski definition) is 0. The Hall–Kier alpha value is -2.35. The molecule has 0 bridgehead atoms. The molecule has 1 rings (SSSR count). The van der Waals surface area contributed by atoms with Crippen LogP contribution in [0.2, 0.25) is 0 Å². The average Bonchev–Trinajstić information content (AvgIpc) is 2.17. The van der Waals surface area contributed by atoms with Crippen molar-refractivity contribution in [3.05, 3.63) is 40.3 Å². The summed E-state index contributed by atoms with van der Waals surface area (Å²) in [5.74, 6) is 7.45. The Morgan fingerprint density at radius 1 is 1.31 bits per heavy atom. The minimum atomic E-state index is 0.564. The van der Waals surface area contributed by atoms with Gasteiger partial charge >= 0.3 is 0 Å². The largest absolute Gasteiger partial charge is 0.106 e. The highest BCUT2D eigenvalue weighted by Crippen LogP contribution is 2.11. The molecule has 0 aromatic heterocycles. The third kappa shape index (κ3) is 2.63. The lowest BCUT2D eigenvalue weighted by Crippen LogP contribution is -1.70. The normalized spacial score (nSPS) is 7.31. The molecule has 0 saturated carbocycles. The van der Waals surface area contributed by atoms with E-state index in [0.29, 0.717) is 5.69 Å². The van der Waals surface area contributed by atoms with Gasteiger partial charge in [-0.05, 0) is 29.5 Å². The molecule has 1 aromatic rings. The van der Waals surface area contributed by atoms with Gasteiger partial charge in [-0.15, -0.1) is 6.42 Å². The van der Waals surface area contributed by atoms with Gasteiger partial charge in [0.2, 0.25) is 0 Å². The molecule has 0 saturated heterocycles. The molecule has 13 heavy (non-hydrogen) atoms. The lowest BCUT2D eigenvalue weighted by atomic mass is 10.2. The van der Waals surface area contributed by atoms with Crippen molar-refractivity contribution in [3.8, 4) is 24.2 Å². The van der Waals surface area contributed by atoms with Crippen LogP contribution in [0.3, 0.4) is 0 Å². The van der Waals surface area contributed by atoms with Crippen molar-refractivity contribution < 1.29 is 0 Å². The molecule has 0 amide bonds. The summed E-state index contributed by atoms with van der Waals surface area (Å²) in [5.41, 5.74) is 9.50. The van der Waals surface area contributed by atoms with E-state index >= 15 is 0 Å². The molecule has 0 unspecified atom stereocenters. The molecule has 0 spiro atoms. The van der Waals surface area contributed by atoms with Crippen molar-refractivity contribution in [2.24, 2.45) is 5.11 Å². The summed E-state index contributed by atoms with van der Waals surface area (Å²) in [5, 5.41) is 3.42. The van der Waals surface area contributed by atoms with Gasteiger partial charge in [0.05, 0.1) is 0 Å². The standard InChI is InChI=1S/C10H5N3/c1-2-3-4-9-5-7-10(8-6-9)12-13-11/h1,5-8H. The summed E-state index contributed by atoms with van der Waals surface area (Å²) >= 11 is 0. The van der Waals surface area contributed by atoms with Crippen LogP contribution < -0.4 is 0 Å². The van der Waals surface area contributed by atoms with Crippen molar-refractivity contribution >= 4 is 5.69 Å². The molecule has 0 N–H and O–H groups in total. The average molecular weight is 167 g/mol. The van der Waals surface area contributed by atoms with E-state index in [2.05, 4.69) is 27.8 Å². The number of azide groups is 1. The summed E-state index contributed by atoms with van der Waals surface area (Å²) in [6, 6.07) is 6.85. The Labute approximate surface area is 76.0 Å². The Morgan fingerprint density at radius 3 is 2.54 bits per heavy atom. The Balaban J connectivity index is 2.95. The molecule has 0 radical (unpaired) electrons. The zero-order valence-electron chi connectivity index (χ0n) is 6.73. The zero-order valence-corrected chi connectivity index (χ0v) is 6.73. The Morgan fingerprint density at radius 2 is 2.00 bits per heavy atom. The number of rotatable bonds is 1. The highest BCUT2D eigenvalue weighted by atomic mass is 15.1. The van der Waals surface area contributed by atoms with Crippen molar-refractivity contribution in [1.82, 2.24) is 0 Å². The van der Waals surface area contributed by atoms with Gasteiger partial charge in [0.25, 0.3) is 0 Å². The SMILES string of the molecule is C#CC#Cc1ccc(N=[N+]=[N-])cc1. The molecule has 0 aliphatic heterocycles. The van der Waals surface area contributed by atoms with Gasteiger partial charge in [-0.2, -0.15) is 0 Å². The first-order valence-corrected chi connectivity index (χ1v) is 3.48. The molecule has 0 fully saturated rings. The van der Waals surface area contributed by atoms with E-state index in [-0.39, 0.29) is 0 Å². The van der Waals surface area contributed by atoms with E-state index < -0.39 is 0 Å². The van der Waals surface area contributed by atoms with Crippen LogP contribution in [-0.4, -0.2) is 0 Å². The molecule has 0 aliphatic carbocycles. The van der Waals surface area contributed by atoms with E-state index in [1.165, 1.54) is 0 Å². The topological polar surface area (TPSA) is 48.8 Å². The van der Waals surface area contributed by atoms with E-state index in [4.69, 9.17) is 12.0 Å². The van der Waals surface area contributed by atoms with Crippen LogP contribution in [-0.2, 0) is 0 Å². The van der Waals surface area contributed by atoms with Gasteiger partial charge in [-0.3, -0.25) is 0 Å². The second-order valence-corrected chi connectivity index (χ2v) is 2.13. The van der Waals surface area contributed by atoms with Gasteiger partial charge in [0.1, 0.15) is 0 Å². The second kappa shape index (κ2) is 4.51. The minimum Gasteiger partial charge on any atom is -0.106 e. The number of benzene rings is 1. The van der Waals surface area contributed by atoms with Crippen molar-refractivity contribution in [2.45, 2.75) is 0 Å². The molecule has 60 valence electrons. The maximum Gasteiger partial charge on any atom is 0.0376 e. The molecule has 0 atom stereocenters. The predicted molar refractivity (Wildman–Crippen MR) is 51.0 cm³/mol. The van der Waals surface area contributed by atoms with Crippen molar-refractivity contribution in [3.63, 3.8) is 0 Å². The molecule has 0 heterocycles. The number of terminal acetylenes is 1. The lowest BCUT2D eigenvalue weighted by molar-refractivity contribution is 1.47. The summed E-state index contributed by atoms with van der Waals surface area (Å²) in [6.07, 6.45) is 4.96. The summed E-state index contributed by atoms with van der Waals surface area (Å²) < 4.78 is 0. The number of hydrogen-bond acceptors (Lipinski definition) is 1. The van der Waals surface area contributed by atoms with E-state index in [9.17, 15) is 0 Å². The summed E-state index contributed by atoms with van der Waals surface area (Å²) in [7, 11) is 0. The summed E-state index contributed by atoms with van der Waals surface area (Å²) in [6.45, 7) is 0. The first-order chi connectivity index (χ1) is 6.36. The molecule has 0 aliphatic rings. The first kappa shape index (κ1) is 8.74. The monoisotopic (exact) mass is 167 g/mol. The van der Waals surface area contributed by atoms with Gasteiger partial charge in [0.15, 0.2) is 0 Å². The quantitative estimate of drug-likeness (QED) is 0.267. The highest BCUT2D eigenvalue weighted by Gasteiger charge is 1.87. The predicted octanol–water partition coefficient (Wildman–Crippen LogP) is 2.61. The minimum absolute atomic E-state index is 0.564. The van der Waals surface area contributed by atoms with Crippen LogP contribution in [0.25, 0.3) is 10.4 Å². The van der Waals surface area contributed by atoms with Crippen LogP contribution in [0.5, 0.6) is 0 Å². The maximum absolute atomic E-state index is 8.13. The van der Waals surface area contributed by atoms with Gasteiger partial charge in [-0.1, -0.05) is 23.2 Å². The fourth-order valence-electron chi connectivity index (χ4n) is 0.771. The molecule has 3 heteroatoms.